The number of ether oxygens (including phenoxy) is 1. The molecule has 1 aliphatic rings. The van der Waals surface area contributed by atoms with E-state index in [4.69, 9.17) is 4.74 Å². The van der Waals surface area contributed by atoms with Gasteiger partial charge in [0.1, 0.15) is 10.8 Å². The van der Waals surface area contributed by atoms with Crippen molar-refractivity contribution in [1.29, 1.82) is 0 Å². The molecule has 0 bridgehead atoms. The van der Waals surface area contributed by atoms with Crippen molar-refractivity contribution in [2.45, 2.75) is 36.0 Å². The highest BCUT2D eigenvalue weighted by atomic mass is 32.2. The molecule has 1 saturated heterocycles. The topological polar surface area (TPSA) is 95.9 Å². The highest BCUT2D eigenvalue weighted by Gasteiger charge is 2.35. The van der Waals surface area contributed by atoms with Crippen LogP contribution in [0.15, 0.2) is 16.3 Å². The van der Waals surface area contributed by atoms with E-state index in [-0.39, 0.29) is 32.0 Å². The van der Waals surface area contributed by atoms with Crippen LogP contribution in [0.4, 0.5) is 0 Å². The molecule has 0 aliphatic carbocycles. The van der Waals surface area contributed by atoms with Crippen LogP contribution in [0.5, 0.6) is 0 Å². The molecule has 2 rings (SSSR count). The first-order chi connectivity index (χ1) is 11.3. The zero-order valence-electron chi connectivity index (χ0n) is 13.9. The third-order valence-corrected chi connectivity index (χ3v) is 7.44. The lowest BCUT2D eigenvalue weighted by molar-refractivity contribution is -0.126. The summed E-state index contributed by atoms with van der Waals surface area (Å²) in [5, 5.41) is 13.3. The number of amides is 1. The fourth-order valence-electron chi connectivity index (χ4n) is 2.69. The van der Waals surface area contributed by atoms with E-state index in [9.17, 15) is 18.3 Å². The van der Waals surface area contributed by atoms with Gasteiger partial charge in [0.25, 0.3) is 10.0 Å². The lowest BCUT2D eigenvalue weighted by Crippen LogP contribution is -2.44. The summed E-state index contributed by atoms with van der Waals surface area (Å²) in [6.45, 7) is 2.51. The standard InChI is InChI=1S/C15H24N2O5S2/c1-12-4-5-14(23-12)24(20,21)17-8-3-6-15(19,7-9-17)11-16-13(18)10-22-2/h4-5,19H,3,6-11H2,1-2H3,(H,16,18)/t15-/m0/s1. The van der Waals surface area contributed by atoms with Gasteiger partial charge in [-0.05, 0) is 38.3 Å². The monoisotopic (exact) mass is 376 g/mol. The smallest absolute Gasteiger partial charge is 0.252 e. The molecule has 1 atom stereocenters. The minimum Gasteiger partial charge on any atom is -0.388 e. The Bertz CT molecular complexity index is 673. The minimum atomic E-state index is -3.52. The molecule has 0 radical (unpaired) electrons. The van der Waals surface area contributed by atoms with Crippen molar-refractivity contribution < 1.29 is 23.1 Å². The second-order valence-electron chi connectivity index (χ2n) is 6.06. The lowest BCUT2D eigenvalue weighted by Gasteiger charge is -2.27. The van der Waals surface area contributed by atoms with Gasteiger partial charge in [-0.25, -0.2) is 8.42 Å². The summed E-state index contributed by atoms with van der Waals surface area (Å²) in [7, 11) is -2.10. The second kappa shape index (κ2) is 7.92. The van der Waals surface area contributed by atoms with Gasteiger partial charge in [-0.2, -0.15) is 4.31 Å². The van der Waals surface area contributed by atoms with Gasteiger partial charge in [-0.3, -0.25) is 4.79 Å². The molecule has 1 amide bonds. The van der Waals surface area contributed by atoms with E-state index in [0.29, 0.717) is 23.6 Å². The van der Waals surface area contributed by atoms with Crippen LogP contribution in [-0.2, 0) is 19.6 Å². The van der Waals surface area contributed by atoms with Gasteiger partial charge >= 0.3 is 0 Å². The summed E-state index contributed by atoms with van der Waals surface area (Å²) in [5.74, 6) is -0.297. The van der Waals surface area contributed by atoms with Crippen LogP contribution in [0.2, 0.25) is 0 Å². The van der Waals surface area contributed by atoms with E-state index >= 15 is 0 Å². The first-order valence-corrected chi connectivity index (χ1v) is 10.1. The van der Waals surface area contributed by atoms with E-state index in [0.717, 1.165) is 4.88 Å². The SMILES string of the molecule is COCC(=O)NC[C@]1(O)CCCN(S(=O)(=O)c2ccc(C)s2)CC1. The fraction of sp³-hybridized carbons (Fsp3) is 0.667. The number of carbonyl (C=O) groups excluding carboxylic acids is 1. The summed E-state index contributed by atoms with van der Waals surface area (Å²) in [6, 6.07) is 3.41. The summed E-state index contributed by atoms with van der Waals surface area (Å²) < 4.78 is 31.9. The van der Waals surface area contributed by atoms with Crippen molar-refractivity contribution in [2.24, 2.45) is 0 Å². The van der Waals surface area contributed by atoms with Crippen molar-refractivity contribution in [1.82, 2.24) is 9.62 Å². The third-order valence-electron chi connectivity index (χ3n) is 4.08. The number of thiophene rings is 1. The van der Waals surface area contributed by atoms with E-state index < -0.39 is 15.6 Å². The van der Waals surface area contributed by atoms with Crippen molar-refractivity contribution in [3.63, 3.8) is 0 Å². The molecule has 0 saturated carbocycles. The van der Waals surface area contributed by atoms with Crippen molar-refractivity contribution in [3.8, 4) is 0 Å². The average Bonchev–Trinajstić information content (AvgIpc) is 2.86. The molecule has 7 nitrogen and oxygen atoms in total. The van der Waals surface area contributed by atoms with Crippen LogP contribution in [0, 0.1) is 6.92 Å². The maximum atomic E-state index is 12.7. The minimum absolute atomic E-state index is 0.0612. The van der Waals surface area contributed by atoms with Crippen molar-refractivity contribution >= 4 is 27.3 Å². The lowest BCUT2D eigenvalue weighted by atomic mass is 9.95. The highest BCUT2D eigenvalue weighted by molar-refractivity contribution is 7.91. The number of aliphatic hydroxyl groups is 1. The second-order valence-corrected chi connectivity index (χ2v) is 9.51. The molecule has 24 heavy (non-hydrogen) atoms. The van der Waals surface area contributed by atoms with Crippen LogP contribution >= 0.6 is 11.3 Å². The zero-order chi connectivity index (χ0) is 17.8. The number of rotatable bonds is 6. The Labute approximate surface area is 146 Å². The number of hydrogen-bond donors (Lipinski definition) is 2. The normalized spacial score (nSPS) is 23.0. The Hall–Kier alpha value is -1.00. The Kier molecular flexibility index (Phi) is 6.38. The maximum absolute atomic E-state index is 12.7. The number of nitrogens with one attached hydrogen (secondary N) is 1. The quantitative estimate of drug-likeness (QED) is 0.763. The van der Waals surface area contributed by atoms with Crippen LogP contribution < -0.4 is 5.32 Å². The number of aryl methyl sites for hydroxylation is 1. The Morgan fingerprint density at radius 2 is 2.17 bits per heavy atom. The average molecular weight is 377 g/mol. The molecular formula is C15H24N2O5S2. The van der Waals surface area contributed by atoms with Crippen LogP contribution in [0.25, 0.3) is 0 Å². The summed E-state index contributed by atoms with van der Waals surface area (Å²) in [5.41, 5.74) is -1.10. The van der Waals surface area contributed by atoms with Gasteiger partial charge in [0, 0.05) is 31.6 Å². The molecule has 1 aromatic heterocycles. The Morgan fingerprint density at radius 1 is 1.42 bits per heavy atom. The molecule has 9 heteroatoms. The molecule has 0 unspecified atom stereocenters. The van der Waals surface area contributed by atoms with Gasteiger partial charge in [0.15, 0.2) is 0 Å². The van der Waals surface area contributed by atoms with E-state index in [1.807, 2.05) is 6.92 Å². The number of nitrogens with zero attached hydrogens (tertiary/aromatic N) is 1. The molecule has 1 aromatic rings. The third kappa shape index (κ3) is 4.76. The van der Waals surface area contributed by atoms with Crippen molar-refractivity contribution in [3.05, 3.63) is 17.0 Å². The van der Waals surface area contributed by atoms with Gasteiger partial charge in [0.2, 0.25) is 5.91 Å². The predicted molar refractivity (Wildman–Crippen MR) is 91.5 cm³/mol. The highest BCUT2D eigenvalue weighted by Crippen LogP contribution is 2.28. The molecule has 0 aromatic carbocycles. The first kappa shape index (κ1) is 19.3. The predicted octanol–water partition coefficient (Wildman–Crippen LogP) is 0.725. The van der Waals surface area contributed by atoms with Crippen molar-refractivity contribution in [2.75, 3.05) is 33.4 Å². The zero-order valence-corrected chi connectivity index (χ0v) is 15.6. The van der Waals surface area contributed by atoms with E-state index in [1.165, 1.54) is 22.8 Å². The maximum Gasteiger partial charge on any atom is 0.252 e. The molecule has 1 aliphatic heterocycles. The van der Waals surface area contributed by atoms with Gasteiger partial charge in [-0.15, -0.1) is 11.3 Å². The Morgan fingerprint density at radius 3 is 2.79 bits per heavy atom. The number of carbonyl (C=O) groups is 1. The van der Waals surface area contributed by atoms with Gasteiger partial charge in [-0.1, -0.05) is 0 Å². The van der Waals surface area contributed by atoms with E-state index in [2.05, 4.69) is 5.32 Å². The van der Waals surface area contributed by atoms with E-state index in [1.54, 1.807) is 12.1 Å². The van der Waals surface area contributed by atoms with Crippen LogP contribution in [0.1, 0.15) is 24.1 Å². The number of sulfonamides is 1. The van der Waals surface area contributed by atoms with Crippen LogP contribution in [0.3, 0.4) is 0 Å². The van der Waals surface area contributed by atoms with Gasteiger partial charge in [0.05, 0.1) is 5.60 Å². The summed E-state index contributed by atoms with van der Waals surface area (Å²) in [6.07, 6.45) is 1.26. The molecule has 1 fully saturated rings. The van der Waals surface area contributed by atoms with Crippen LogP contribution in [-0.4, -0.2) is 62.7 Å². The summed E-state index contributed by atoms with van der Waals surface area (Å²) >= 11 is 1.25. The molecule has 2 heterocycles. The molecular weight excluding hydrogens is 352 g/mol. The van der Waals surface area contributed by atoms with Gasteiger partial charge < -0.3 is 15.2 Å². The Balaban J connectivity index is 2.00. The fourth-order valence-corrected chi connectivity index (χ4v) is 5.61. The molecule has 0 spiro atoms. The summed E-state index contributed by atoms with van der Waals surface area (Å²) in [4.78, 5) is 12.4. The number of hydrogen-bond acceptors (Lipinski definition) is 6. The largest absolute Gasteiger partial charge is 0.388 e. The first-order valence-electron chi connectivity index (χ1n) is 7.81. The molecule has 136 valence electrons. The number of methoxy groups -OCH3 is 1. The molecule has 2 N–H and O–H groups in total.